The maximum absolute atomic E-state index is 5.21. The zero-order chi connectivity index (χ0) is 8.55. The average Bonchev–Trinajstić information content (AvgIpc) is 1.95. The van der Waals surface area contributed by atoms with E-state index in [2.05, 4.69) is 24.1 Å². The molecule has 2 fully saturated rings. The Bertz CT molecular complexity index is 159. The molecule has 2 heterocycles. The summed E-state index contributed by atoms with van der Waals surface area (Å²) in [5, 5.41) is 3.48. The molecule has 2 saturated heterocycles. The number of nitrogens with zero attached hydrogens (tertiary/aromatic N) is 1. The van der Waals surface area contributed by atoms with E-state index in [9.17, 15) is 0 Å². The number of hydrogen-bond donors (Lipinski definition) is 1. The lowest BCUT2D eigenvalue weighted by Gasteiger charge is -2.46. The van der Waals surface area contributed by atoms with E-state index in [1.807, 2.05) is 0 Å². The number of nitrogens with one attached hydrogen (secondary N) is 1. The van der Waals surface area contributed by atoms with Gasteiger partial charge in [0.1, 0.15) is 0 Å². The predicted octanol–water partition coefficient (Wildman–Crippen LogP) is 0.0674. The van der Waals surface area contributed by atoms with E-state index < -0.39 is 0 Å². The van der Waals surface area contributed by atoms with Crippen molar-refractivity contribution in [1.29, 1.82) is 0 Å². The molecule has 2 aliphatic rings. The second-order valence-corrected chi connectivity index (χ2v) is 3.91. The van der Waals surface area contributed by atoms with Gasteiger partial charge < -0.3 is 10.1 Å². The Kier molecular flexibility index (Phi) is 2.35. The molecule has 2 unspecified atom stereocenters. The molecule has 1 N–H and O–H groups in total. The molecule has 0 aliphatic carbocycles. The van der Waals surface area contributed by atoms with Crippen molar-refractivity contribution < 1.29 is 4.74 Å². The molecule has 3 nitrogen and oxygen atoms in total. The van der Waals surface area contributed by atoms with Crippen LogP contribution in [0, 0.1) is 0 Å². The number of piperazine rings is 1. The van der Waals surface area contributed by atoms with Crippen molar-refractivity contribution in [3.8, 4) is 0 Å². The van der Waals surface area contributed by atoms with Crippen molar-refractivity contribution >= 4 is 0 Å². The van der Waals surface area contributed by atoms with Crippen molar-refractivity contribution in [3.05, 3.63) is 0 Å². The maximum Gasteiger partial charge on any atom is 0.0645 e. The fraction of sp³-hybridized carbons (Fsp3) is 1.00. The van der Waals surface area contributed by atoms with Crippen LogP contribution in [-0.4, -0.2) is 49.3 Å². The second-order valence-electron chi connectivity index (χ2n) is 3.91. The van der Waals surface area contributed by atoms with Crippen LogP contribution in [0.3, 0.4) is 0 Å². The largest absolute Gasteiger partial charge is 0.378 e. The molecule has 2 aliphatic heterocycles. The Labute approximate surface area is 74.1 Å². The van der Waals surface area contributed by atoms with Gasteiger partial charge in [-0.2, -0.15) is 0 Å². The van der Waals surface area contributed by atoms with Crippen LogP contribution in [0.4, 0.5) is 0 Å². The normalized spacial score (nSPS) is 39.5. The Morgan fingerprint density at radius 2 is 2.08 bits per heavy atom. The van der Waals surface area contributed by atoms with Gasteiger partial charge >= 0.3 is 0 Å². The molecule has 0 bridgehead atoms. The summed E-state index contributed by atoms with van der Waals surface area (Å²) in [6.07, 6.45) is 0. The van der Waals surface area contributed by atoms with Crippen molar-refractivity contribution in [1.82, 2.24) is 10.2 Å². The number of hydrogen-bond acceptors (Lipinski definition) is 3. The Balaban J connectivity index is 1.93. The molecule has 0 spiro atoms. The zero-order valence-corrected chi connectivity index (χ0v) is 7.92. The van der Waals surface area contributed by atoms with Gasteiger partial charge in [0, 0.05) is 25.2 Å². The third-order valence-corrected chi connectivity index (χ3v) is 3.17. The number of rotatable bonds is 1. The zero-order valence-electron chi connectivity index (χ0n) is 7.92. The van der Waals surface area contributed by atoms with E-state index in [4.69, 9.17) is 4.74 Å². The van der Waals surface area contributed by atoms with Crippen LogP contribution >= 0.6 is 0 Å². The molecule has 0 aromatic rings. The van der Waals surface area contributed by atoms with Gasteiger partial charge in [-0.15, -0.1) is 0 Å². The molecule has 0 aromatic carbocycles. The quantitative estimate of drug-likeness (QED) is 0.602. The fourth-order valence-corrected chi connectivity index (χ4v) is 2.01. The molecule has 0 aromatic heterocycles. The smallest absolute Gasteiger partial charge is 0.0645 e. The van der Waals surface area contributed by atoms with Crippen molar-refractivity contribution in [2.75, 3.05) is 26.3 Å². The van der Waals surface area contributed by atoms with E-state index in [0.29, 0.717) is 18.1 Å². The maximum atomic E-state index is 5.21. The summed E-state index contributed by atoms with van der Waals surface area (Å²) in [4.78, 5) is 2.57. The van der Waals surface area contributed by atoms with E-state index in [0.717, 1.165) is 19.8 Å². The van der Waals surface area contributed by atoms with Crippen molar-refractivity contribution in [2.45, 2.75) is 32.0 Å². The van der Waals surface area contributed by atoms with E-state index >= 15 is 0 Å². The first kappa shape index (κ1) is 8.48. The molecule has 12 heavy (non-hydrogen) atoms. The molecule has 0 saturated carbocycles. The Hall–Kier alpha value is -0.120. The minimum absolute atomic E-state index is 0.624. The summed E-state index contributed by atoms with van der Waals surface area (Å²) in [6.45, 7) is 8.75. The SMILES string of the molecule is CC1NCCN(C2COC2)C1C. The summed E-state index contributed by atoms with van der Waals surface area (Å²) >= 11 is 0. The second kappa shape index (κ2) is 3.32. The van der Waals surface area contributed by atoms with E-state index in [1.165, 1.54) is 6.54 Å². The summed E-state index contributed by atoms with van der Waals surface area (Å²) in [7, 11) is 0. The number of ether oxygens (including phenoxy) is 1. The summed E-state index contributed by atoms with van der Waals surface area (Å²) in [5.74, 6) is 0. The first-order valence-corrected chi connectivity index (χ1v) is 4.86. The lowest BCUT2D eigenvalue weighted by atomic mass is 10.0. The topological polar surface area (TPSA) is 24.5 Å². The standard InChI is InChI=1S/C9H18N2O/c1-7-8(2)11(4-3-10-7)9-5-12-6-9/h7-10H,3-6H2,1-2H3. The lowest BCUT2D eigenvalue weighted by Crippen LogP contribution is -2.62. The van der Waals surface area contributed by atoms with Crippen LogP contribution in [0.5, 0.6) is 0 Å². The van der Waals surface area contributed by atoms with Crippen LogP contribution in [0.2, 0.25) is 0 Å². The molecule has 2 atom stereocenters. The minimum atomic E-state index is 0.624. The van der Waals surface area contributed by atoms with Gasteiger partial charge in [-0.3, -0.25) is 4.90 Å². The predicted molar refractivity (Wildman–Crippen MR) is 48.2 cm³/mol. The minimum Gasteiger partial charge on any atom is -0.378 e. The third-order valence-electron chi connectivity index (χ3n) is 3.17. The summed E-state index contributed by atoms with van der Waals surface area (Å²) in [6, 6.07) is 1.98. The van der Waals surface area contributed by atoms with Crippen molar-refractivity contribution in [3.63, 3.8) is 0 Å². The Morgan fingerprint density at radius 3 is 2.67 bits per heavy atom. The van der Waals surface area contributed by atoms with Crippen LogP contribution < -0.4 is 5.32 Å². The van der Waals surface area contributed by atoms with Crippen LogP contribution in [-0.2, 0) is 4.74 Å². The lowest BCUT2D eigenvalue weighted by molar-refractivity contribution is -0.0871. The molecule has 70 valence electrons. The molecule has 2 rings (SSSR count). The highest BCUT2D eigenvalue weighted by atomic mass is 16.5. The molecule has 0 radical (unpaired) electrons. The van der Waals surface area contributed by atoms with Gasteiger partial charge in [-0.25, -0.2) is 0 Å². The Morgan fingerprint density at radius 1 is 1.33 bits per heavy atom. The monoisotopic (exact) mass is 170 g/mol. The fourth-order valence-electron chi connectivity index (χ4n) is 2.01. The van der Waals surface area contributed by atoms with E-state index in [-0.39, 0.29) is 0 Å². The first-order valence-electron chi connectivity index (χ1n) is 4.86. The van der Waals surface area contributed by atoms with E-state index in [1.54, 1.807) is 0 Å². The highest BCUT2D eigenvalue weighted by Gasteiger charge is 2.33. The summed E-state index contributed by atoms with van der Waals surface area (Å²) in [5.41, 5.74) is 0. The molecule has 0 amide bonds. The average molecular weight is 170 g/mol. The van der Waals surface area contributed by atoms with Crippen LogP contribution in [0.25, 0.3) is 0 Å². The third kappa shape index (κ3) is 1.37. The van der Waals surface area contributed by atoms with Gasteiger partial charge in [0.2, 0.25) is 0 Å². The van der Waals surface area contributed by atoms with Crippen molar-refractivity contribution in [2.24, 2.45) is 0 Å². The van der Waals surface area contributed by atoms with Gasteiger partial charge in [0.15, 0.2) is 0 Å². The van der Waals surface area contributed by atoms with Gasteiger partial charge in [-0.1, -0.05) is 0 Å². The highest BCUT2D eigenvalue weighted by molar-refractivity contribution is 4.89. The van der Waals surface area contributed by atoms with Gasteiger partial charge in [-0.05, 0) is 13.8 Å². The summed E-state index contributed by atoms with van der Waals surface area (Å²) < 4.78 is 5.21. The van der Waals surface area contributed by atoms with Crippen LogP contribution in [0.1, 0.15) is 13.8 Å². The van der Waals surface area contributed by atoms with Gasteiger partial charge in [0.05, 0.1) is 19.3 Å². The molecular weight excluding hydrogens is 152 g/mol. The highest BCUT2D eigenvalue weighted by Crippen LogP contribution is 2.17. The first-order chi connectivity index (χ1) is 5.79. The van der Waals surface area contributed by atoms with Gasteiger partial charge in [0.25, 0.3) is 0 Å². The van der Waals surface area contributed by atoms with Crippen LogP contribution in [0.15, 0.2) is 0 Å². The molecular formula is C9H18N2O. The molecule has 3 heteroatoms.